The lowest BCUT2D eigenvalue weighted by Crippen LogP contribution is -2.08. The third-order valence-electron chi connectivity index (χ3n) is 3.38. The molecule has 4 aromatic rings. The summed E-state index contributed by atoms with van der Waals surface area (Å²) < 4.78 is 2.14. The molecule has 0 saturated heterocycles. The molecule has 0 bridgehead atoms. The Labute approximate surface area is 104 Å². The highest BCUT2D eigenvalue weighted by molar-refractivity contribution is 5.92. The highest BCUT2D eigenvalue weighted by atomic mass is 15.3. The predicted octanol–water partition coefficient (Wildman–Crippen LogP) is 4.11. The molecule has 4 rings (SSSR count). The molecule has 0 spiro atoms. The summed E-state index contributed by atoms with van der Waals surface area (Å²) in [6.45, 7) is 0. The normalized spacial score (nSPS) is 11.3. The number of nitrogens with zero attached hydrogens (tertiary/aromatic N) is 1. The molecule has 0 radical (unpaired) electrons. The maximum absolute atomic E-state index is 3.37. The Morgan fingerprint density at radius 3 is 2.44 bits per heavy atom. The first-order valence-corrected chi connectivity index (χ1v) is 6.07. The minimum atomic E-state index is 1.19. The fourth-order valence-electron chi connectivity index (χ4n) is 2.48. The minimum Gasteiger partial charge on any atom is -0.292 e. The second-order valence-electron chi connectivity index (χ2n) is 4.46. The maximum Gasteiger partial charge on any atom is 0.0880 e. The van der Waals surface area contributed by atoms with Gasteiger partial charge in [0.1, 0.15) is 0 Å². The van der Waals surface area contributed by atoms with Crippen molar-refractivity contribution >= 4 is 21.8 Å². The summed E-state index contributed by atoms with van der Waals surface area (Å²) in [5.74, 6) is 0. The number of benzene rings is 3. The largest absolute Gasteiger partial charge is 0.292 e. The highest BCUT2D eigenvalue weighted by Crippen LogP contribution is 2.26. The predicted molar refractivity (Wildman–Crippen MR) is 75.1 cm³/mol. The zero-order valence-corrected chi connectivity index (χ0v) is 9.80. The molecule has 0 aliphatic carbocycles. The number of aromatic amines is 1. The molecule has 0 fully saturated rings. The second-order valence-corrected chi connectivity index (χ2v) is 4.46. The molecule has 0 saturated carbocycles. The van der Waals surface area contributed by atoms with Crippen LogP contribution in [0.4, 0.5) is 0 Å². The maximum atomic E-state index is 3.37. The van der Waals surface area contributed by atoms with Crippen LogP contribution in [0.25, 0.3) is 27.5 Å². The van der Waals surface area contributed by atoms with Gasteiger partial charge in [0, 0.05) is 5.39 Å². The van der Waals surface area contributed by atoms with E-state index in [1.165, 1.54) is 27.5 Å². The van der Waals surface area contributed by atoms with Crippen molar-refractivity contribution in [2.45, 2.75) is 0 Å². The van der Waals surface area contributed by atoms with Gasteiger partial charge < -0.3 is 0 Å². The minimum absolute atomic E-state index is 1.19. The van der Waals surface area contributed by atoms with E-state index >= 15 is 0 Å². The van der Waals surface area contributed by atoms with Crippen molar-refractivity contribution in [2.24, 2.45) is 0 Å². The Bertz CT molecular complexity index is 831. The van der Waals surface area contributed by atoms with E-state index in [0.717, 1.165) is 0 Å². The SMILES string of the molecule is c1ccc2c(-n3[nH]c4ccccc43)cccc2c1. The van der Waals surface area contributed by atoms with Gasteiger partial charge in [0.05, 0.1) is 16.7 Å². The lowest BCUT2D eigenvalue weighted by atomic mass is 10.1. The smallest absolute Gasteiger partial charge is 0.0880 e. The number of rotatable bonds is 1. The van der Waals surface area contributed by atoms with Gasteiger partial charge in [0.15, 0.2) is 0 Å². The zero-order chi connectivity index (χ0) is 11.9. The Morgan fingerprint density at radius 1 is 0.722 bits per heavy atom. The average molecular weight is 232 g/mol. The van der Waals surface area contributed by atoms with E-state index in [2.05, 4.69) is 70.4 Å². The van der Waals surface area contributed by atoms with Crippen LogP contribution in [0.15, 0.2) is 66.7 Å². The van der Waals surface area contributed by atoms with Crippen molar-refractivity contribution in [3.05, 3.63) is 66.7 Å². The first kappa shape index (κ1) is 9.54. The van der Waals surface area contributed by atoms with Crippen molar-refractivity contribution in [2.75, 3.05) is 0 Å². The van der Waals surface area contributed by atoms with Crippen LogP contribution in [0.2, 0.25) is 0 Å². The second kappa shape index (κ2) is 3.50. The van der Waals surface area contributed by atoms with Crippen LogP contribution in [0.1, 0.15) is 0 Å². The fourth-order valence-corrected chi connectivity index (χ4v) is 2.48. The van der Waals surface area contributed by atoms with Crippen molar-refractivity contribution in [3.63, 3.8) is 0 Å². The molecule has 2 heteroatoms. The van der Waals surface area contributed by atoms with E-state index in [9.17, 15) is 0 Å². The van der Waals surface area contributed by atoms with Gasteiger partial charge in [-0.2, -0.15) is 0 Å². The Balaban J connectivity index is 2.04. The lowest BCUT2D eigenvalue weighted by Gasteiger charge is -2.18. The van der Waals surface area contributed by atoms with Gasteiger partial charge in [-0.1, -0.05) is 48.5 Å². The Morgan fingerprint density at radius 2 is 1.50 bits per heavy atom. The van der Waals surface area contributed by atoms with Gasteiger partial charge in [-0.25, -0.2) is 0 Å². The molecule has 0 amide bonds. The van der Waals surface area contributed by atoms with Crippen LogP contribution >= 0.6 is 0 Å². The number of para-hydroxylation sites is 2. The van der Waals surface area contributed by atoms with Gasteiger partial charge in [0.2, 0.25) is 0 Å². The Hall–Kier alpha value is -2.48. The molecular formula is C16H12N2. The molecule has 1 heterocycles. The molecule has 18 heavy (non-hydrogen) atoms. The zero-order valence-electron chi connectivity index (χ0n) is 9.80. The average Bonchev–Trinajstić information content (AvgIpc) is 2.40. The first-order chi connectivity index (χ1) is 8.93. The summed E-state index contributed by atoms with van der Waals surface area (Å²) in [6, 6.07) is 23.2. The van der Waals surface area contributed by atoms with Crippen molar-refractivity contribution in [1.82, 2.24) is 9.78 Å². The highest BCUT2D eigenvalue weighted by Gasteiger charge is 2.08. The lowest BCUT2D eigenvalue weighted by molar-refractivity contribution is 0.877. The monoisotopic (exact) mass is 232 g/mol. The van der Waals surface area contributed by atoms with E-state index in [4.69, 9.17) is 0 Å². The number of hydrogen-bond donors (Lipinski definition) is 1. The van der Waals surface area contributed by atoms with E-state index in [1.54, 1.807) is 0 Å². The molecule has 1 N–H and O–H groups in total. The van der Waals surface area contributed by atoms with Gasteiger partial charge in [0.25, 0.3) is 0 Å². The number of hydrogen-bond acceptors (Lipinski definition) is 0. The van der Waals surface area contributed by atoms with Gasteiger partial charge in [-0.3, -0.25) is 9.78 Å². The fraction of sp³-hybridized carbons (Fsp3) is 0. The number of nitrogens with one attached hydrogen (secondary N) is 1. The van der Waals surface area contributed by atoms with Gasteiger partial charge in [-0.05, 0) is 23.6 Å². The molecule has 1 aromatic heterocycles. The molecule has 0 atom stereocenters. The topological polar surface area (TPSA) is 20.7 Å². The third kappa shape index (κ3) is 1.23. The summed E-state index contributed by atoms with van der Waals surface area (Å²) >= 11 is 0. The molecule has 86 valence electrons. The van der Waals surface area contributed by atoms with Crippen LogP contribution in [0, 0.1) is 0 Å². The standard InChI is InChI=1S/C16H12N2/c1-2-8-13-12(6-1)7-5-11-15(13)18-16-10-4-3-9-14(16)17-18/h1-11,17H. The molecular weight excluding hydrogens is 220 g/mol. The van der Waals surface area contributed by atoms with Crippen molar-refractivity contribution in [3.8, 4) is 5.69 Å². The summed E-state index contributed by atoms with van der Waals surface area (Å²) in [4.78, 5) is 0. The quantitative estimate of drug-likeness (QED) is 0.510. The number of fused-ring (bicyclic) bond motifs is 2. The van der Waals surface area contributed by atoms with Crippen molar-refractivity contribution in [1.29, 1.82) is 0 Å². The summed E-state index contributed by atoms with van der Waals surface area (Å²) in [5, 5.41) is 5.90. The van der Waals surface area contributed by atoms with Crippen molar-refractivity contribution < 1.29 is 0 Å². The van der Waals surface area contributed by atoms with E-state index in [0.29, 0.717) is 0 Å². The van der Waals surface area contributed by atoms with Gasteiger partial charge in [-0.15, -0.1) is 0 Å². The molecule has 0 aliphatic rings. The number of H-pyrrole nitrogens is 1. The Kier molecular flexibility index (Phi) is 1.86. The number of aromatic nitrogens is 2. The van der Waals surface area contributed by atoms with E-state index in [1.807, 2.05) is 6.07 Å². The molecule has 0 aliphatic heterocycles. The van der Waals surface area contributed by atoms with Gasteiger partial charge >= 0.3 is 0 Å². The first-order valence-electron chi connectivity index (χ1n) is 6.07. The third-order valence-corrected chi connectivity index (χ3v) is 3.38. The van der Waals surface area contributed by atoms with Crippen LogP contribution in [-0.4, -0.2) is 9.78 Å². The molecule has 0 unspecified atom stereocenters. The summed E-state index contributed by atoms with van der Waals surface area (Å²) in [5.41, 5.74) is 3.62. The summed E-state index contributed by atoms with van der Waals surface area (Å²) in [7, 11) is 0. The van der Waals surface area contributed by atoms with Crippen LogP contribution in [-0.2, 0) is 0 Å². The molecule has 3 aromatic carbocycles. The van der Waals surface area contributed by atoms with Crippen LogP contribution in [0.5, 0.6) is 0 Å². The van der Waals surface area contributed by atoms with E-state index < -0.39 is 0 Å². The molecule has 2 nitrogen and oxygen atoms in total. The van der Waals surface area contributed by atoms with Crippen LogP contribution < -0.4 is 0 Å². The van der Waals surface area contributed by atoms with E-state index in [-0.39, 0.29) is 0 Å². The van der Waals surface area contributed by atoms with Crippen LogP contribution in [0.3, 0.4) is 0 Å². The summed E-state index contributed by atoms with van der Waals surface area (Å²) in [6.07, 6.45) is 0.